The minimum absolute atomic E-state index is 0. The number of hydrogen-bond acceptors (Lipinski definition) is 1. The molecule has 0 saturated carbocycles. The Balaban J connectivity index is 0.00000133. The lowest BCUT2D eigenvalue weighted by atomic mass is 10.1. The summed E-state index contributed by atoms with van der Waals surface area (Å²) in [6.07, 6.45) is 1.99. The Morgan fingerprint density at radius 3 is 2.63 bits per heavy atom. The molecule has 3 aromatic rings. The Labute approximate surface area is 120 Å². The van der Waals surface area contributed by atoms with Gasteiger partial charge < -0.3 is 22.1 Å². The fourth-order valence-electron chi connectivity index (χ4n) is 2.36. The summed E-state index contributed by atoms with van der Waals surface area (Å²) >= 11 is 0. The van der Waals surface area contributed by atoms with Gasteiger partial charge in [-0.15, -0.1) is 0 Å². The monoisotopic (exact) mass is 321 g/mol. The SMILES string of the molecule is OCC[n+]1cc2ccccc2c2cc(F)ccc21.[Br-]. The molecule has 1 aromatic heterocycles. The summed E-state index contributed by atoms with van der Waals surface area (Å²) < 4.78 is 15.4. The van der Waals surface area contributed by atoms with Gasteiger partial charge in [0.1, 0.15) is 12.4 Å². The molecule has 2 nitrogen and oxygen atoms in total. The Kier molecular flexibility index (Phi) is 4.12. The molecule has 3 rings (SSSR count). The molecule has 0 spiro atoms. The van der Waals surface area contributed by atoms with Gasteiger partial charge >= 0.3 is 0 Å². The third-order valence-electron chi connectivity index (χ3n) is 3.15. The number of aliphatic hydroxyl groups is 1. The molecule has 1 N–H and O–H groups in total. The average molecular weight is 322 g/mol. The van der Waals surface area contributed by atoms with Gasteiger partial charge in [0.15, 0.2) is 12.7 Å². The first kappa shape index (κ1) is 13.9. The molecule has 98 valence electrons. The van der Waals surface area contributed by atoms with E-state index in [1.165, 1.54) is 6.07 Å². The lowest BCUT2D eigenvalue weighted by Crippen LogP contribution is -3.00. The summed E-state index contributed by atoms with van der Waals surface area (Å²) in [4.78, 5) is 0. The van der Waals surface area contributed by atoms with Gasteiger partial charge in [0.25, 0.3) is 0 Å². The molecular formula is C15H13BrFNO. The number of nitrogens with zero attached hydrogens (tertiary/aromatic N) is 1. The van der Waals surface area contributed by atoms with Crippen LogP contribution in [0.5, 0.6) is 0 Å². The zero-order valence-electron chi connectivity index (χ0n) is 10.2. The van der Waals surface area contributed by atoms with Crippen LogP contribution in [0.25, 0.3) is 21.7 Å². The third kappa shape index (κ3) is 2.46. The van der Waals surface area contributed by atoms with Crippen LogP contribution in [0.2, 0.25) is 0 Å². The highest BCUT2D eigenvalue weighted by Gasteiger charge is 2.13. The molecule has 0 amide bonds. The van der Waals surface area contributed by atoms with E-state index in [4.69, 9.17) is 5.11 Å². The van der Waals surface area contributed by atoms with E-state index in [0.29, 0.717) is 6.54 Å². The molecule has 0 unspecified atom stereocenters. The lowest BCUT2D eigenvalue weighted by Gasteiger charge is -2.04. The van der Waals surface area contributed by atoms with Gasteiger partial charge in [-0.25, -0.2) is 4.39 Å². The zero-order valence-corrected chi connectivity index (χ0v) is 11.8. The molecule has 4 heteroatoms. The van der Waals surface area contributed by atoms with Gasteiger partial charge in [-0.2, -0.15) is 4.57 Å². The maximum atomic E-state index is 13.4. The molecular weight excluding hydrogens is 309 g/mol. The highest BCUT2D eigenvalue weighted by atomic mass is 79.9. The largest absolute Gasteiger partial charge is 1.00 e. The van der Waals surface area contributed by atoms with E-state index in [-0.39, 0.29) is 29.4 Å². The van der Waals surface area contributed by atoms with E-state index in [1.54, 1.807) is 12.1 Å². The first-order valence-electron chi connectivity index (χ1n) is 5.91. The Morgan fingerprint density at radius 1 is 1.05 bits per heavy atom. The van der Waals surface area contributed by atoms with Crippen molar-refractivity contribution in [1.82, 2.24) is 0 Å². The summed E-state index contributed by atoms with van der Waals surface area (Å²) in [5.74, 6) is -0.241. The Hall–Kier alpha value is -1.52. The van der Waals surface area contributed by atoms with Crippen molar-refractivity contribution >= 4 is 21.7 Å². The van der Waals surface area contributed by atoms with Crippen LogP contribution in [0.1, 0.15) is 0 Å². The molecule has 0 aliphatic heterocycles. The summed E-state index contributed by atoms with van der Waals surface area (Å²) in [7, 11) is 0. The van der Waals surface area contributed by atoms with Gasteiger partial charge in [0.2, 0.25) is 5.52 Å². The van der Waals surface area contributed by atoms with E-state index >= 15 is 0 Å². The fourth-order valence-corrected chi connectivity index (χ4v) is 2.36. The van der Waals surface area contributed by atoms with Crippen molar-refractivity contribution in [2.24, 2.45) is 0 Å². The molecule has 0 aliphatic rings. The number of aromatic nitrogens is 1. The normalized spacial score (nSPS) is 10.6. The molecule has 0 bridgehead atoms. The smallest absolute Gasteiger partial charge is 0.213 e. The molecule has 2 aromatic carbocycles. The quantitative estimate of drug-likeness (QED) is 0.495. The van der Waals surface area contributed by atoms with Crippen LogP contribution in [-0.4, -0.2) is 11.7 Å². The topological polar surface area (TPSA) is 24.1 Å². The van der Waals surface area contributed by atoms with Crippen molar-refractivity contribution in [1.29, 1.82) is 0 Å². The first-order valence-corrected chi connectivity index (χ1v) is 5.91. The van der Waals surface area contributed by atoms with Crippen LogP contribution in [0.4, 0.5) is 4.39 Å². The van der Waals surface area contributed by atoms with Crippen LogP contribution < -0.4 is 21.5 Å². The molecule has 0 atom stereocenters. The van der Waals surface area contributed by atoms with Crippen molar-refractivity contribution in [2.75, 3.05) is 6.61 Å². The summed E-state index contributed by atoms with van der Waals surface area (Å²) in [6, 6.07) is 12.6. The van der Waals surface area contributed by atoms with Crippen molar-refractivity contribution in [3.05, 3.63) is 54.5 Å². The van der Waals surface area contributed by atoms with Crippen LogP contribution in [0.3, 0.4) is 0 Å². The molecule has 0 aliphatic carbocycles. The number of aliphatic hydroxyl groups excluding tert-OH is 1. The van der Waals surface area contributed by atoms with Crippen LogP contribution in [0, 0.1) is 5.82 Å². The molecule has 1 heterocycles. The maximum Gasteiger partial charge on any atom is 0.213 e. The van der Waals surface area contributed by atoms with E-state index in [1.807, 2.05) is 35.0 Å². The Morgan fingerprint density at radius 2 is 1.84 bits per heavy atom. The van der Waals surface area contributed by atoms with Gasteiger partial charge in [-0.3, -0.25) is 0 Å². The van der Waals surface area contributed by atoms with Crippen LogP contribution in [-0.2, 0) is 6.54 Å². The van der Waals surface area contributed by atoms with E-state index in [2.05, 4.69) is 0 Å². The fraction of sp³-hybridized carbons (Fsp3) is 0.133. The van der Waals surface area contributed by atoms with Crippen LogP contribution in [0.15, 0.2) is 48.7 Å². The minimum atomic E-state index is -0.241. The number of fused-ring (bicyclic) bond motifs is 3. The number of hydrogen-bond donors (Lipinski definition) is 1. The van der Waals surface area contributed by atoms with Crippen molar-refractivity contribution in [3.8, 4) is 0 Å². The van der Waals surface area contributed by atoms with Crippen LogP contribution >= 0.6 is 0 Å². The third-order valence-corrected chi connectivity index (χ3v) is 3.15. The van der Waals surface area contributed by atoms with E-state index in [0.717, 1.165) is 21.7 Å². The second-order valence-electron chi connectivity index (χ2n) is 4.29. The predicted octanol–water partition coefficient (Wildman–Crippen LogP) is -0.584. The second-order valence-corrected chi connectivity index (χ2v) is 4.29. The van der Waals surface area contributed by atoms with Gasteiger partial charge in [-0.1, -0.05) is 18.2 Å². The summed E-state index contributed by atoms with van der Waals surface area (Å²) in [5.41, 5.74) is 0.934. The molecule has 19 heavy (non-hydrogen) atoms. The number of rotatable bonds is 2. The van der Waals surface area contributed by atoms with Gasteiger partial charge in [-0.05, 0) is 18.2 Å². The zero-order chi connectivity index (χ0) is 12.5. The second kappa shape index (κ2) is 5.63. The van der Waals surface area contributed by atoms with Crippen molar-refractivity contribution in [3.63, 3.8) is 0 Å². The Bertz CT molecular complexity index is 730. The molecule has 0 saturated heterocycles. The number of halogens is 2. The molecule has 0 fully saturated rings. The first-order chi connectivity index (χ1) is 8.79. The van der Waals surface area contributed by atoms with Crippen molar-refractivity contribution < 1.29 is 31.0 Å². The number of benzene rings is 2. The standard InChI is InChI=1S/C15H13FNO.BrH/c16-12-5-6-15-14(9-12)13-4-2-1-3-11(13)10-17(15)7-8-18;/h1-6,9-10,18H,7-8H2;1H/q+1;/p-1. The van der Waals surface area contributed by atoms with E-state index in [9.17, 15) is 4.39 Å². The van der Waals surface area contributed by atoms with E-state index < -0.39 is 0 Å². The average Bonchev–Trinajstić information content (AvgIpc) is 2.39. The summed E-state index contributed by atoms with van der Waals surface area (Å²) in [5, 5.41) is 12.1. The maximum absolute atomic E-state index is 13.4. The van der Waals surface area contributed by atoms with Gasteiger partial charge in [0, 0.05) is 16.8 Å². The molecule has 0 radical (unpaired) electrons. The highest BCUT2D eigenvalue weighted by molar-refractivity contribution is 6.03. The highest BCUT2D eigenvalue weighted by Crippen LogP contribution is 2.22. The lowest BCUT2D eigenvalue weighted by molar-refractivity contribution is -0.671. The van der Waals surface area contributed by atoms with Crippen molar-refractivity contribution in [2.45, 2.75) is 6.54 Å². The van der Waals surface area contributed by atoms with Gasteiger partial charge in [0.05, 0.1) is 5.39 Å². The number of pyridine rings is 1. The predicted molar refractivity (Wildman–Crippen MR) is 68.7 cm³/mol. The minimum Gasteiger partial charge on any atom is -1.00 e. The summed E-state index contributed by atoms with van der Waals surface area (Å²) in [6.45, 7) is 0.572.